The molecule has 2 aliphatic rings. The Labute approximate surface area is 129 Å². The lowest BCUT2D eigenvalue weighted by atomic mass is 9.96. The fourth-order valence-corrected chi connectivity index (χ4v) is 3.17. The largest absolute Gasteiger partial charge is 0.479 e. The zero-order valence-electron chi connectivity index (χ0n) is 12.9. The lowest BCUT2D eigenvalue weighted by molar-refractivity contribution is -0.150. The summed E-state index contributed by atoms with van der Waals surface area (Å²) in [7, 11) is 0. The van der Waals surface area contributed by atoms with Gasteiger partial charge in [0.05, 0.1) is 12.5 Å². The van der Waals surface area contributed by atoms with Crippen molar-refractivity contribution in [1.29, 1.82) is 0 Å². The van der Waals surface area contributed by atoms with Crippen molar-refractivity contribution >= 4 is 17.8 Å². The van der Waals surface area contributed by atoms with E-state index in [1.165, 1.54) is 4.90 Å². The standard InChI is InChI=1S/C15H23FN2O4/c1-2-4-12(19)17-7-3-5-11(9-17)13(20)18-8-6-15(16,10-18)14(21)22/h11H,2-10H2,1H3,(H,21,22)/t11-,15-/m0/s1. The molecular weight excluding hydrogens is 291 g/mol. The van der Waals surface area contributed by atoms with Crippen LogP contribution in [0.1, 0.15) is 39.0 Å². The second kappa shape index (κ2) is 6.62. The van der Waals surface area contributed by atoms with Crippen LogP contribution in [0, 0.1) is 5.92 Å². The highest BCUT2D eigenvalue weighted by atomic mass is 19.1. The third-order valence-electron chi connectivity index (χ3n) is 4.50. The van der Waals surface area contributed by atoms with Gasteiger partial charge in [0.25, 0.3) is 0 Å². The molecule has 6 nitrogen and oxygen atoms in total. The van der Waals surface area contributed by atoms with Crippen molar-refractivity contribution in [2.75, 3.05) is 26.2 Å². The smallest absolute Gasteiger partial charge is 0.343 e. The quantitative estimate of drug-likeness (QED) is 0.841. The minimum atomic E-state index is -2.33. The van der Waals surface area contributed by atoms with Crippen LogP contribution in [0.3, 0.4) is 0 Å². The minimum Gasteiger partial charge on any atom is -0.479 e. The van der Waals surface area contributed by atoms with E-state index in [0.717, 1.165) is 12.8 Å². The van der Waals surface area contributed by atoms with E-state index in [-0.39, 0.29) is 37.2 Å². The Morgan fingerprint density at radius 2 is 2.00 bits per heavy atom. The predicted octanol–water partition coefficient (Wildman–Crippen LogP) is 1.05. The maximum absolute atomic E-state index is 14.1. The maximum Gasteiger partial charge on any atom is 0.343 e. The number of hydrogen-bond donors (Lipinski definition) is 1. The van der Waals surface area contributed by atoms with Gasteiger partial charge in [0, 0.05) is 32.5 Å². The average molecular weight is 314 g/mol. The fourth-order valence-electron chi connectivity index (χ4n) is 3.17. The molecule has 2 rings (SSSR count). The Bertz CT molecular complexity index is 470. The van der Waals surface area contributed by atoms with Gasteiger partial charge in [-0.05, 0) is 19.3 Å². The molecule has 0 aromatic rings. The summed E-state index contributed by atoms with van der Waals surface area (Å²) in [6.07, 6.45) is 2.48. The summed E-state index contributed by atoms with van der Waals surface area (Å²) in [5.41, 5.74) is -2.33. The SMILES string of the molecule is CCCC(=O)N1CCC[C@H](C(=O)N2CC[C@@](F)(C(=O)O)C2)C1. The summed E-state index contributed by atoms with van der Waals surface area (Å²) in [6.45, 7) is 2.69. The Balaban J connectivity index is 1.95. The number of carboxylic acid groups (broad SMARTS) is 1. The number of carbonyl (C=O) groups is 3. The molecule has 0 bridgehead atoms. The van der Waals surface area contributed by atoms with E-state index in [9.17, 15) is 18.8 Å². The van der Waals surface area contributed by atoms with Crippen LogP contribution in [0.5, 0.6) is 0 Å². The van der Waals surface area contributed by atoms with Crippen molar-refractivity contribution in [2.24, 2.45) is 5.92 Å². The van der Waals surface area contributed by atoms with Crippen LogP contribution < -0.4 is 0 Å². The van der Waals surface area contributed by atoms with Gasteiger partial charge in [0.15, 0.2) is 0 Å². The monoisotopic (exact) mass is 314 g/mol. The molecule has 0 spiro atoms. The number of piperidine rings is 1. The van der Waals surface area contributed by atoms with E-state index in [4.69, 9.17) is 5.11 Å². The summed E-state index contributed by atoms with van der Waals surface area (Å²) < 4.78 is 14.1. The van der Waals surface area contributed by atoms with E-state index in [0.29, 0.717) is 25.9 Å². The van der Waals surface area contributed by atoms with E-state index in [1.54, 1.807) is 4.90 Å². The number of likely N-dealkylation sites (tertiary alicyclic amines) is 2. The summed E-state index contributed by atoms with van der Waals surface area (Å²) in [5.74, 6) is -2.03. The predicted molar refractivity (Wildman–Crippen MR) is 76.9 cm³/mol. The van der Waals surface area contributed by atoms with Gasteiger partial charge in [-0.25, -0.2) is 9.18 Å². The fraction of sp³-hybridized carbons (Fsp3) is 0.800. The van der Waals surface area contributed by atoms with Gasteiger partial charge >= 0.3 is 5.97 Å². The highest BCUT2D eigenvalue weighted by Crippen LogP contribution is 2.29. The van der Waals surface area contributed by atoms with Gasteiger partial charge in [0.1, 0.15) is 0 Å². The minimum absolute atomic E-state index is 0.0480. The molecule has 2 aliphatic heterocycles. The molecule has 0 aromatic heterocycles. The number of halogens is 1. The Morgan fingerprint density at radius 3 is 2.59 bits per heavy atom. The first-order chi connectivity index (χ1) is 10.4. The first-order valence-corrected chi connectivity index (χ1v) is 7.86. The van der Waals surface area contributed by atoms with Crippen molar-refractivity contribution in [3.63, 3.8) is 0 Å². The van der Waals surface area contributed by atoms with Crippen LogP contribution in [0.25, 0.3) is 0 Å². The van der Waals surface area contributed by atoms with Crippen LogP contribution in [-0.4, -0.2) is 64.5 Å². The lowest BCUT2D eigenvalue weighted by Crippen LogP contribution is -2.47. The number of carboxylic acids is 1. The van der Waals surface area contributed by atoms with Crippen LogP contribution in [-0.2, 0) is 14.4 Å². The molecule has 2 atom stereocenters. The molecule has 0 aromatic carbocycles. The van der Waals surface area contributed by atoms with Crippen LogP contribution in [0.2, 0.25) is 0 Å². The van der Waals surface area contributed by atoms with Crippen LogP contribution in [0.4, 0.5) is 4.39 Å². The molecule has 0 saturated carbocycles. The van der Waals surface area contributed by atoms with Crippen molar-refractivity contribution in [3.05, 3.63) is 0 Å². The van der Waals surface area contributed by atoms with E-state index >= 15 is 0 Å². The number of amides is 2. The average Bonchev–Trinajstić information content (AvgIpc) is 2.91. The number of carbonyl (C=O) groups excluding carboxylic acids is 2. The number of nitrogens with zero attached hydrogens (tertiary/aromatic N) is 2. The summed E-state index contributed by atoms with van der Waals surface area (Å²) in [4.78, 5) is 38.3. The molecular formula is C15H23FN2O4. The lowest BCUT2D eigenvalue weighted by Gasteiger charge is -2.34. The number of alkyl halides is 1. The number of hydrogen-bond acceptors (Lipinski definition) is 3. The van der Waals surface area contributed by atoms with Gasteiger partial charge in [-0.15, -0.1) is 0 Å². The Morgan fingerprint density at radius 1 is 1.27 bits per heavy atom. The van der Waals surface area contributed by atoms with Crippen LogP contribution in [0.15, 0.2) is 0 Å². The highest BCUT2D eigenvalue weighted by molar-refractivity contribution is 5.84. The zero-order chi connectivity index (χ0) is 16.3. The molecule has 2 heterocycles. The highest BCUT2D eigenvalue weighted by Gasteiger charge is 2.48. The van der Waals surface area contributed by atoms with Crippen molar-refractivity contribution in [3.8, 4) is 0 Å². The van der Waals surface area contributed by atoms with Gasteiger partial charge in [-0.3, -0.25) is 9.59 Å². The first kappa shape index (κ1) is 16.7. The second-order valence-electron chi connectivity index (χ2n) is 6.21. The van der Waals surface area contributed by atoms with Crippen molar-refractivity contribution in [2.45, 2.75) is 44.7 Å². The maximum atomic E-state index is 14.1. The second-order valence-corrected chi connectivity index (χ2v) is 6.21. The Hall–Kier alpha value is -1.66. The third kappa shape index (κ3) is 3.39. The van der Waals surface area contributed by atoms with E-state index < -0.39 is 11.6 Å². The molecule has 2 fully saturated rings. The van der Waals surface area contributed by atoms with E-state index in [2.05, 4.69) is 0 Å². The summed E-state index contributed by atoms with van der Waals surface area (Å²) >= 11 is 0. The summed E-state index contributed by atoms with van der Waals surface area (Å²) in [6, 6.07) is 0. The molecule has 124 valence electrons. The molecule has 0 aliphatic carbocycles. The summed E-state index contributed by atoms with van der Waals surface area (Å²) in [5, 5.41) is 8.89. The van der Waals surface area contributed by atoms with E-state index in [1.807, 2.05) is 6.92 Å². The molecule has 7 heteroatoms. The third-order valence-corrected chi connectivity index (χ3v) is 4.50. The van der Waals surface area contributed by atoms with Gasteiger partial charge in [-0.1, -0.05) is 6.92 Å². The topological polar surface area (TPSA) is 77.9 Å². The Kier molecular flexibility index (Phi) is 5.03. The van der Waals surface area contributed by atoms with Gasteiger partial charge in [-0.2, -0.15) is 0 Å². The first-order valence-electron chi connectivity index (χ1n) is 7.86. The number of rotatable bonds is 4. The molecule has 1 N–H and O–H groups in total. The molecule has 0 radical (unpaired) electrons. The van der Waals surface area contributed by atoms with Gasteiger partial charge in [0.2, 0.25) is 17.5 Å². The van der Waals surface area contributed by atoms with Crippen molar-refractivity contribution < 1.29 is 23.9 Å². The zero-order valence-corrected chi connectivity index (χ0v) is 12.9. The number of aliphatic carboxylic acids is 1. The normalized spacial score (nSPS) is 28.7. The van der Waals surface area contributed by atoms with Crippen LogP contribution >= 0.6 is 0 Å². The van der Waals surface area contributed by atoms with Gasteiger partial charge < -0.3 is 14.9 Å². The molecule has 2 saturated heterocycles. The molecule has 0 unspecified atom stereocenters. The molecule has 22 heavy (non-hydrogen) atoms. The van der Waals surface area contributed by atoms with Crippen molar-refractivity contribution in [1.82, 2.24) is 9.80 Å². The molecule has 2 amide bonds.